The van der Waals surface area contributed by atoms with Gasteiger partial charge in [0.1, 0.15) is 17.0 Å². The first-order chi connectivity index (χ1) is 13.6. The maximum Gasteiger partial charge on any atom is 0.338 e. The molecular weight excluding hydrogens is 368 g/mol. The van der Waals surface area contributed by atoms with Gasteiger partial charge >= 0.3 is 6.01 Å². The molecule has 3 aromatic rings. The molecule has 0 saturated carbocycles. The summed E-state index contributed by atoms with van der Waals surface area (Å²) >= 11 is 0. The van der Waals surface area contributed by atoms with Crippen molar-refractivity contribution in [1.29, 1.82) is 0 Å². The number of aromatic nitrogens is 3. The fraction of sp³-hybridized carbons (Fsp3) is 0.105. The largest absolute Gasteiger partial charge is 0.371 e. The number of benzene rings is 1. The number of hydrogen-bond acceptors (Lipinski definition) is 7. The average Bonchev–Trinajstić information content (AvgIpc) is 2.73. The van der Waals surface area contributed by atoms with Crippen LogP contribution in [0.4, 0.5) is 14.6 Å². The highest BCUT2D eigenvalue weighted by atomic mass is 19.1. The molecule has 0 atom stereocenters. The zero-order chi connectivity index (χ0) is 19.8. The zero-order valence-electron chi connectivity index (χ0n) is 14.2. The normalized spacial score (nSPS) is 13.2. The van der Waals surface area contributed by atoms with Crippen molar-refractivity contribution in [3.63, 3.8) is 0 Å². The van der Waals surface area contributed by atoms with Crippen LogP contribution in [-0.4, -0.2) is 15.0 Å². The predicted molar refractivity (Wildman–Crippen MR) is 98.2 cm³/mol. The van der Waals surface area contributed by atoms with Gasteiger partial charge in [-0.3, -0.25) is 4.98 Å². The van der Waals surface area contributed by atoms with Crippen LogP contribution in [0.1, 0.15) is 17.5 Å². The van der Waals surface area contributed by atoms with Crippen molar-refractivity contribution < 1.29 is 13.6 Å². The SMILES string of the molecule is C#CC1=C(F)CCc2cccc(-c3ncc4c(N=O)nc(ON)nc4c3F)c21. The van der Waals surface area contributed by atoms with Gasteiger partial charge in [0.25, 0.3) is 0 Å². The highest BCUT2D eigenvalue weighted by molar-refractivity contribution is 5.94. The maximum absolute atomic E-state index is 15.3. The van der Waals surface area contributed by atoms with E-state index in [-0.39, 0.29) is 34.4 Å². The molecule has 7 nitrogen and oxygen atoms in total. The van der Waals surface area contributed by atoms with Crippen LogP contribution in [0.15, 0.2) is 35.4 Å². The standard InChI is InChI=1S/C19H11F2N5O2/c1-2-10-13(20)7-6-9-4-3-5-11(14(9)10)16-15(21)17-12(8-23-16)18(26-27)25-19(24-17)28-22/h1,3-5,8H,6-7,22H2. The van der Waals surface area contributed by atoms with Crippen molar-refractivity contribution in [3.05, 3.63) is 52.1 Å². The van der Waals surface area contributed by atoms with E-state index in [0.717, 1.165) is 5.56 Å². The average molecular weight is 379 g/mol. The molecule has 28 heavy (non-hydrogen) atoms. The van der Waals surface area contributed by atoms with E-state index >= 15 is 4.39 Å². The van der Waals surface area contributed by atoms with Crippen molar-refractivity contribution in [2.45, 2.75) is 12.8 Å². The minimum Gasteiger partial charge on any atom is -0.371 e. The van der Waals surface area contributed by atoms with Crippen molar-refractivity contribution in [3.8, 4) is 29.6 Å². The number of hydrogen-bond donors (Lipinski definition) is 1. The number of pyridine rings is 1. The summed E-state index contributed by atoms with van der Waals surface area (Å²) in [6, 6.07) is 4.68. The number of fused-ring (bicyclic) bond motifs is 2. The van der Waals surface area contributed by atoms with Gasteiger partial charge in [0.05, 0.1) is 11.0 Å². The third-order valence-electron chi connectivity index (χ3n) is 4.52. The summed E-state index contributed by atoms with van der Waals surface area (Å²) in [5, 5.41) is 2.72. The Hall–Kier alpha value is -3.77. The van der Waals surface area contributed by atoms with Crippen LogP contribution in [-0.2, 0) is 6.42 Å². The van der Waals surface area contributed by atoms with Crippen LogP contribution >= 0.6 is 0 Å². The van der Waals surface area contributed by atoms with Crippen molar-refractivity contribution >= 4 is 22.3 Å². The summed E-state index contributed by atoms with van der Waals surface area (Å²) < 4.78 is 29.6. The third-order valence-corrected chi connectivity index (χ3v) is 4.52. The molecule has 1 aliphatic rings. The lowest BCUT2D eigenvalue weighted by molar-refractivity contribution is 0.307. The molecule has 2 N–H and O–H groups in total. The minimum absolute atomic E-state index is 0.0132. The van der Waals surface area contributed by atoms with Gasteiger partial charge in [-0.05, 0) is 17.2 Å². The molecule has 0 amide bonds. The fourth-order valence-electron chi connectivity index (χ4n) is 3.29. The lowest BCUT2D eigenvalue weighted by Crippen LogP contribution is -2.08. The van der Waals surface area contributed by atoms with E-state index < -0.39 is 17.7 Å². The van der Waals surface area contributed by atoms with Crippen molar-refractivity contribution in [2.24, 2.45) is 11.1 Å². The van der Waals surface area contributed by atoms with Crippen LogP contribution < -0.4 is 10.7 Å². The summed E-state index contributed by atoms with van der Waals surface area (Å²) in [5.74, 6) is 5.72. The van der Waals surface area contributed by atoms with Gasteiger partial charge < -0.3 is 4.84 Å². The quantitative estimate of drug-likeness (QED) is 0.422. The lowest BCUT2D eigenvalue weighted by Gasteiger charge is -2.20. The Labute approximate surface area is 157 Å². The van der Waals surface area contributed by atoms with E-state index in [1.54, 1.807) is 18.2 Å². The number of nitrogens with two attached hydrogens (primary N) is 1. The van der Waals surface area contributed by atoms with Crippen LogP contribution in [0.3, 0.4) is 0 Å². The summed E-state index contributed by atoms with van der Waals surface area (Å²) in [5.41, 5.74) is 1.23. The van der Waals surface area contributed by atoms with E-state index in [1.165, 1.54) is 6.20 Å². The number of terminal acetylenes is 1. The molecule has 2 heterocycles. The van der Waals surface area contributed by atoms with Crippen LogP contribution in [0.5, 0.6) is 6.01 Å². The van der Waals surface area contributed by atoms with Gasteiger partial charge in [-0.25, -0.2) is 8.78 Å². The highest BCUT2D eigenvalue weighted by Gasteiger charge is 2.25. The monoisotopic (exact) mass is 379 g/mol. The summed E-state index contributed by atoms with van der Waals surface area (Å²) in [6.45, 7) is 0. The van der Waals surface area contributed by atoms with Gasteiger partial charge in [-0.15, -0.1) is 11.3 Å². The molecular formula is C19H11F2N5O2. The summed E-state index contributed by atoms with van der Waals surface area (Å²) in [4.78, 5) is 27.0. The van der Waals surface area contributed by atoms with E-state index in [1.807, 2.05) is 0 Å². The molecule has 0 radical (unpaired) electrons. The van der Waals surface area contributed by atoms with Gasteiger partial charge in [-0.2, -0.15) is 15.9 Å². The molecule has 0 bridgehead atoms. The van der Waals surface area contributed by atoms with Gasteiger partial charge in [0.15, 0.2) is 5.82 Å². The number of nitroso groups, excluding NO2 is 1. The second kappa shape index (κ2) is 6.75. The first kappa shape index (κ1) is 17.6. The second-order valence-electron chi connectivity index (χ2n) is 5.99. The van der Waals surface area contributed by atoms with Crippen LogP contribution in [0.25, 0.3) is 27.7 Å². The van der Waals surface area contributed by atoms with Crippen molar-refractivity contribution in [1.82, 2.24) is 15.0 Å². The molecule has 1 aromatic carbocycles. The van der Waals surface area contributed by atoms with Crippen molar-refractivity contribution in [2.75, 3.05) is 0 Å². The topological polar surface area (TPSA) is 103 Å². The fourth-order valence-corrected chi connectivity index (χ4v) is 3.29. The van der Waals surface area contributed by atoms with Crippen LogP contribution in [0.2, 0.25) is 0 Å². The van der Waals surface area contributed by atoms with Gasteiger partial charge in [0, 0.05) is 23.7 Å². The van der Waals surface area contributed by atoms with Crippen LogP contribution in [0, 0.1) is 23.1 Å². The Kier molecular flexibility index (Phi) is 4.25. The lowest BCUT2D eigenvalue weighted by atomic mass is 9.85. The van der Waals surface area contributed by atoms with E-state index in [2.05, 4.69) is 30.9 Å². The molecule has 1 aliphatic carbocycles. The molecule has 138 valence electrons. The highest BCUT2D eigenvalue weighted by Crippen LogP contribution is 2.40. The third kappa shape index (κ3) is 2.59. The Morgan fingerprint density at radius 3 is 2.79 bits per heavy atom. The molecule has 2 aromatic heterocycles. The predicted octanol–water partition coefficient (Wildman–Crippen LogP) is 3.74. The zero-order valence-corrected chi connectivity index (χ0v) is 14.2. The second-order valence-corrected chi connectivity index (χ2v) is 5.99. The minimum atomic E-state index is -0.862. The molecule has 0 saturated heterocycles. The smallest absolute Gasteiger partial charge is 0.338 e. The maximum atomic E-state index is 15.3. The number of aryl methyl sites for hydroxylation is 1. The molecule has 0 spiro atoms. The molecule has 0 aliphatic heterocycles. The van der Waals surface area contributed by atoms with Gasteiger partial charge in [0.2, 0.25) is 5.82 Å². The molecule has 9 heteroatoms. The Morgan fingerprint density at radius 1 is 1.25 bits per heavy atom. The summed E-state index contributed by atoms with van der Waals surface area (Å²) in [7, 11) is 0. The number of allylic oxidation sites excluding steroid dienone is 2. The number of halogens is 2. The summed E-state index contributed by atoms with van der Waals surface area (Å²) in [6.07, 6.45) is 7.33. The Morgan fingerprint density at radius 2 is 2.07 bits per heavy atom. The van der Waals surface area contributed by atoms with E-state index in [9.17, 15) is 9.30 Å². The van der Waals surface area contributed by atoms with Gasteiger partial charge in [-0.1, -0.05) is 24.1 Å². The first-order valence-corrected chi connectivity index (χ1v) is 8.13. The van der Waals surface area contributed by atoms with E-state index in [0.29, 0.717) is 17.5 Å². The van der Waals surface area contributed by atoms with E-state index in [4.69, 9.17) is 12.3 Å². The first-order valence-electron chi connectivity index (χ1n) is 8.13. The molecule has 4 rings (SSSR count). The number of rotatable bonds is 3. The number of nitrogens with zero attached hydrogens (tertiary/aromatic N) is 4. The Bertz CT molecular complexity index is 1220. The Balaban J connectivity index is 2.04. The molecule has 0 fully saturated rings. The molecule has 0 unspecified atom stereocenters.